The zero-order chi connectivity index (χ0) is 9.84. The van der Waals surface area contributed by atoms with E-state index in [2.05, 4.69) is 50.9 Å². The van der Waals surface area contributed by atoms with Crippen molar-refractivity contribution in [2.45, 2.75) is 17.6 Å². The molecule has 0 radical (unpaired) electrons. The van der Waals surface area contributed by atoms with Crippen LogP contribution in [0, 0.1) is 6.92 Å². The highest BCUT2D eigenvalue weighted by Gasteiger charge is 2.05. The van der Waals surface area contributed by atoms with Crippen molar-refractivity contribution >= 4 is 31.9 Å². The summed E-state index contributed by atoms with van der Waals surface area (Å²) in [6.45, 7) is 2.13. The molecule has 1 nitrogen and oxygen atoms in total. The molecule has 0 aromatic heterocycles. The fourth-order valence-electron chi connectivity index (χ4n) is 1.20. The van der Waals surface area contributed by atoms with E-state index in [1.54, 1.807) is 7.11 Å². The van der Waals surface area contributed by atoms with Crippen molar-refractivity contribution in [3.8, 4) is 5.75 Å². The monoisotopic (exact) mass is 306 g/mol. The van der Waals surface area contributed by atoms with E-state index in [1.165, 1.54) is 16.7 Å². The van der Waals surface area contributed by atoms with Gasteiger partial charge in [-0.15, -0.1) is 0 Å². The van der Waals surface area contributed by atoms with Crippen LogP contribution in [0.1, 0.15) is 16.7 Å². The Bertz CT molecular complexity index is 272. The maximum atomic E-state index is 5.21. The molecule has 13 heavy (non-hydrogen) atoms. The summed E-state index contributed by atoms with van der Waals surface area (Å²) >= 11 is 6.93. The molecule has 0 amide bonds. The van der Waals surface area contributed by atoms with Gasteiger partial charge in [-0.1, -0.05) is 31.9 Å². The summed E-state index contributed by atoms with van der Waals surface area (Å²) in [7, 11) is 1.70. The van der Waals surface area contributed by atoms with Crippen LogP contribution in [0.25, 0.3) is 0 Å². The van der Waals surface area contributed by atoms with Gasteiger partial charge in [-0.05, 0) is 35.7 Å². The van der Waals surface area contributed by atoms with Gasteiger partial charge in [-0.2, -0.15) is 0 Å². The fraction of sp³-hybridized carbons (Fsp3) is 0.400. The predicted octanol–water partition coefficient (Wildman–Crippen LogP) is 3.79. The van der Waals surface area contributed by atoms with E-state index in [1.807, 2.05) is 0 Å². The van der Waals surface area contributed by atoms with E-state index in [4.69, 9.17) is 4.74 Å². The number of halogens is 2. The first kappa shape index (κ1) is 11.1. The van der Waals surface area contributed by atoms with Crippen molar-refractivity contribution in [1.29, 1.82) is 0 Å². The molecular weight excluding hydrogens is 296 g/mol. The third-order valence-corrected chi connectivity index (χ3v) is 3.33. The summed E-state index contributed by atoms with van der Waals surface area (Å²) in [4.78, 5) is 0. The van der Waals surface area contributed by atoms with E-state index in [-0.39, 0.29) is 0 Å². The highest BCUT2D eigenvalue weighted by molar-refractivity contribution is 9.08. The number of alkyl halides is 2. The smallest absolute Gasteiger partial charge is 0.119 e. The molecule has 72 valence electrons. The zero-order valence-corrected chi connectivity index (χ0v) is 10.9. The Balaban J connectivity index is 3.20. The van der Waals surface area contributed by atoms with Crippen LogP contribution in [0.3, 0.4) is 0 Å². The molecule has 0 unspecified atom stereocenters. The first-order valence-corrected chi connectivity index (χ1v) is 6.25. The van der Waals surface area contributed by atoms with Crippen molar-refractivity contribution < 1.29 is 4.74 Å². The van der Waals surface area contributed by atoms with Gasteiger partial charge in [-0.25, -0.2) is 0 Å². The summed E-state index contributed by atoms with van der Waals surface area (Å²) in [6, 6.07) is 4.13. The van der Waals surface area contributed by atoms with Gasteiger partial charge >= 0.3 is 0 Å². The Morgan fingerprint density at radius 1 is 1.15 bits per heavy atom. The average molecular weight is 308 g/mol. The maximum absolute atomic E-state index is 5.21. The van der Waals surface area contributed by atoms with Gasteiger partial charge in [0.2, 0.25) is 0 Å². The Morgan fingerprint density at radius 2 is 1.62 bits per heavy atom. The highest BCUT2D eigenvalue weighted by Crippen LogP contribution is 2.25. The van der Waals surface area contributed by atoms with Gasteiger partial charge in [0.25, 0.3) is 0 Å². The molecule has 0 bridgehead atoms. The van der Waals surface area contributed by atoms with Crippen molar-refractivity contribution in [2.24, 2.45) is 0 Å². The van der Waals surface area contributed by atoms with Crippen LogP contribution >= 0.6 is 31.9 Å². The van der Waals surface area contributed by atoms with Crippen molar-refractivity contribution in [1.82, 2.24) is 0 Å². The molecule has 0 atom stereocenters. The van der Waals surface area contributed by atoms with Gasteiger partial charge in [0, 0.05) is 10.7 Å². The Labute approximate surface area is 95.7 Å². The van der Waals surface area contributed by atoms with Crippen LogP contribution in [0.4, 0.5) is 0 Å². The molecule has 0 N–H and O–H groups in total. The first-order valence-electron chi connectivity index (χ1n) is 4.01. The largest absolute Gasteiger partial charge is 0.497 e. The molecule has 0 fully saturated rings. The minimum absolute atomic E-state index is 0.871. The first-order chi connectivity index (χ1) is 6.22. The second kappa shape index (κ2) is 5.01. The van der Waals surface area contributed by atoms with Crippen LogP contribution in [-0.2, 0) is 10.7 Å². The lowest BCUT2D eigenvalue weighted by Gasteiger charge is -2.10. The van der Waals surface area contributed by atoms with E-state index >= 15 is 0 Å². The standard InChI is InChI=1S/C10H12Br2O/c1-7-8(5-11)3-10(13-2)4-9(7)6-12/h3-4H,5-6H2,1-2H3. The topological polar surface area (TPSA) is 9.23 Å². The minimum Gasteiger partial charge on any atom is -0.497 e. The second-order valence-electron chi connectivity index (χ2n) is 2.84. The quantitative estimate of drug-likeness (QED) is 0.772. The molecule has 3 heteroatoms. The number of ether oxygens (including phenoxy) is 1. The SMILES string of the molecule is COc1cc(CBr)c(C)c(CBr)c1. The van der Waals surface area contributed by atoms with Gasteiger partial charge in [0.05, 0.1) is 7.11 Å². The van der Waals surface area contributed by atoms with Gasteiger partial charge < -0.3 is 4.74 Å². The molecule has 1 rings (SSSR count). The van der Waals surface area contributed by atoms with Gasteiger partial charge in [0.15, 0.2) is 0 Å². The van der Waals surface area contributed by atoms with E-state index in [9.17, 15) is 0 Å². The number of hydrogen-bond donors (Lipinski definition) is 0. The van der Waals surface area contributed by atoms with Crippen molar-refractivity contribution in [2.75, 3.05) is 7.11 Å². The zero-order valence-electron chi connectivity index (χ0n) is 7.73. The number of rotatable bonds is 3. The molecule has 1 aromatic rings. The normalized spacial score (nSPS) is 10.2. The number of methoxy groups -OCH3 is 1. The fourth-order valence-corrected chi connectivity index (χ4v) is 2.37. The lowest BCUT2D eigenvalue weighted by molar-refractivity contribution is 0.414. The summed E-state index contributed by atoms with van der Waals surface area (Å²) in [6.07, 6.45) is 0. The Kier molecular flexibility index (Phi) is 4.26. The van der Waals surface area contributed by atoms with Gasteiger partial charge in [0.1, 0.15) is 5.75 Å². The summed E-state index contributed by atoms with van der Waals surface area (Å²) in [5, 5.41) is 1.74. The highest BCUT2D eigenvalue weighted by atomic mass is 79.9. The summed E-state index contributed by atoms with van der Waals surface area (Å²) in [5.41, 5.74) is 3.90. The van der Waals surface area contributed by atoms with E-state index in [0.29, 0.717) is 0 Å². The lowest BCUT2D eigenvalue weighted by Crippen LogP contribution is -1.94. The third kappa shape index (κ3) is 2.47. The predicted molar refractivity (Wildman–Crippen MR) is 63.0 cm³/mol. The van der Waals surface area contributed by atoms with Crippen LogP contribution < -0.4 is 4.74 Å². The lowest BCUT2D eigenvalue weighted by atomic mass is 10.0. The Morgan fingerprint density at radius 3 is 1.92 bits per heavy atom. The number of hydrogen-bond acceptors (Lipinski definition) is 1. The Hall–Kier alpha value is -0.0200. The van der Waals surface area contributed by atoms with Crippen LogP contribution in [0.15, 0.2) is 12.1 Å². The molecule has 0 aliphatic heterocycles. The maximum Gasteiger partial charge on any atom is 0.119 e. The molecular formula is C10H12Br2O. The third-order valence-electron chi connectivity index (χ3n) is 2.12. The molecule has 0 saturated carbocycles. The molecule has 1 aromatic carbocycles. The van der Waals surface area contributed by atoms with Crippen LogP contribution in [0.5, 0.6) is 5.75 Å². The molecule has 0 saturated heterocycles. The number of benzene rings is 1. The van der Waals surface area contributed by atoms with Crippen molar-refractivity contribution in [3.05, 3.63) is 28.8 Å². The molecule has 0 aliphatic rings. The van der Waals surface area contributed by atoms with Crippen molar-refractivity contribution in [3.63, 3.8) is 0 Å². The van der Waals surface area contributed by atoms with E-state index in [0.717, 1.165) is 16.4 Å². The second-order valence-corrected chi connectivity index (χ2v) is 3.96. The molecule has 0 aliphatic carbocycles. The average Bonchev–Trinajstić information content (AvgIpc) is 2.18. The van der Waals surface area contributed by atoms with Crippen LogP contribution in [-0.4, -0.2) is 7.11 Å². The summed E-state index contributed by atoms with van der Waals surface area (Å²) < 4.78 is 5.21. The summed E-state index contributed by atoms with van der Waals surface area (Å²) in [5.74, 6) is 0.925. The van der Waals surface area contributed by atoms with Gasteiger partial charge in [-0.3, -0.25) is 0 Å². The molecule has 0 spiro atoms. The van der Waals surface area contributed by atoms with E-state index < -0.39 is 0 Å². The minimum atomic E-state index is 0.871. The van der Waals surface area contributed by atoms with Crippen LogP contribution in [0.2, 0.25) is 0 Å². The molecule has 0 heterocycles.